The van der Waals surface area contributed by atoms with Gasteiger partial charge in [-0.05, 0) is 66.3 Å². The average molecular weight is 472 g/mol. The SMILES string of the molecule is O=C(c1cc(Cc2cccc(Br)c2)cs1)c1cncnc1NC1CCC(CO)C1. The third-order valence-corrected chi connectivity index (χ3v) is 6.74. The van der Waals surface area contributed by atoms with Gasteiger partial charge in [-0.25, -0.2) is 9.97 Å². The van der Waals surface area contributed by atoms with E-state index in [-0.39, 0.29) is 18.4 Å². The lowest BCUT2D eigenvalue weighted by Gasteiger charge is -2.15. The van der Waals surface area contributed by atoms with E-state index in [0.717, 1.165) is 35.7 Å². The molecule has 2 unspecified atom stereocenters. The average Bonchev–Trinajstić information content (AvgIpc) is 3.37. The van der Waals surface area contributed by atoms with Crippen LogP contribution in [-0.2, 0) is 6.42 Å². The molecule has 0 bridgehead atoms. The molecule has 1 aliphatic rings. The van der Waals surface area contributed by atoms with Crippen LogP contribution < -0.4 is 5.32 Å². The minimum Gasteiger partial charge on any atom is -0.396 e. The van der Waals surface area contributed by atoms with Crippen molar-refractivity contribution < 1.29 is 9.90 Å². The molecule has 4 rings (SSSR count). The van der Waals surface area contributed by atoms with Gasteiger partial charge >= 0.3 is 0 Å². The Morgan fingerprint density at radius 3 is 2.97 bits per heavy atom. The van der Waals surface area contributed by atoms with Crippen LogP contribution in [-0.4, -0.2) is 33.5 Å². The van der Waals surface area contributed by atoms with Crippen molar-refractivity contribution >= 4 is 38.9 Å². The molecule has 1 fully saturated rings. The number of aromatic nitrogens is 2. The number of carbonyl (C=O) groups is 1. The van der Waals surface area contributed by atoms with E-state index in [2.05, 4.69) is 43.3 Å². The highest BCUT2D eigenvalue weighted by Gasteiger charge is 2.26. The first-order valence-corrected chi connectivity index (χ1v) is 11.3. The number of nitrogens with zero attached hydrogens (tertiary/aromatic N) is 2. The Balaban J connectivity index is 1.49. The van der Waals surface area contributed by atoms with Crippen molar-refractivity contribution in [1.29, 1.82) is 0 Å². The number of anilines is 1. The van der Waals surface area contributed by atoms with Gasteiger partial charge in [0.2, 0.25) is 5.78 Å². The summed E-state index contributed by atoms with van der Waals surface area (Å²) in [6.07, 6.45) is 6.69. The number of benzene rings is 1. The van der Waals surface area contributed by atoms with Crippen LogP contribution in [0.15, 0.2) is 52.7 Å². The van der Waals surface area contributed by atoms with E-state index in [0.29, 0.717) is 22.2 Å². The first-order chi connectivity index (χ1) is 14.1. The standard InChI is InChI=1S/C22H22BrN3O2S/c23-17-3-1-2-14(7-17)6-16-9-20(29-12-16)21(28)19-10-24-13-25-22(19)26-18-5-4-15(8-18)11-27/h1-3,7,9-10,12-13,15,18,27H,4-6,8,11H2,(H,24,25,26). The summed E-state index contributed by atoms with van der Waals surface area (Å²) in [5.41, 5.74) is 2.81. The Morgan fingerprint density at radius 2 is 2.17 bits per heavy atom. The third-order valence-electron chi connectivity index (χ3n) is 5.27. The number of aliphatic hydroxyl groups excluding tert-OH is 1. The van der Waals surface area contributed by atoms with Gasteiger partial charge in [0.25, 0.3) is 0 Å². The number of carbonyl (C=O) groups excluding carboxylic acids is 1. The van der Waals surface area contributed by atoms with E-state index in [1.165, 1.54) is 23.2 Å². The molecule has 0 aliphatic heterocycles. The summed E-state index contributed by atoms with van der Waals surface area (Å²) in [5.74, 6) is 0.845. The molecule has 2 heterocycles. The zero-order valence-electron chi connectivity index (χ0n) is 15.8. The molecule has 2 aromatic heterocycles. The third kappa shape index (κ3) is 4.91. The molecule has 0 saturated heterocycles. The van der Waals surface area contributed by atoms with E-state index in [4.69, 9.17) is 0 Å². The number of hydrogen-bond donors (Lipinski definition) is 2. The fraction of sp³-hybridized carbons (Fsp3) is 0.318. The minimum atomic E-state index is -0.0599. The summed E-state index contributed by atoms with van der Waals surface area (Å²) in [5, 5.41) is 14.8. The van der Waals surface area contributed by atoms with Gasteiger partial charge in [-0.1, -0.05) is 28.1 Å². The lowest BCUT2D eigenvalue weighted by atomic mass is 10.1. The van der Waals surface area contributed by atoms with E-state index < -0.39 is 0 Å². The van der Waals surface area contributed by atoms with Crippen LogP contribution in [0, 0.1) is 5.92 Å². The number of hydrogen-bond acceptors (Lipinski definition) is 6. The van der Waals surface area contributed by atoms with E-state index >= 15 is 0 Å². The molecule has 3 aromatic rings. The number of rotatable bonds is 7. The van der Waals surface area contributed by atoms with Gasteiger partial charge in [-0.3, -0.25) is 4.79 Å². The molecule has 1 aromatic carbocycles. The van der Waals surface area contributed by atoms with Gasteiger partial charge in [-0.2, -0.15) is 0 Å². The highest BCUT2D eigenvalue weighted by atomic mass is 79.9. The van der Waals surface area contributed by atoms with Crippen LogP contribution in [0.3, 0.4) is 0 Å². The molecule has 150 valence electrons. The zero-order valence-corrected chi connectivity index (χ0v) is 18.2. The molecule has 0 amide bonds. The van der Waals surface area contributed by atoms with Crippen LogP contribution in [0.1, 0.15) is 45.6 Å². The van der Waals surface area contributed by atoms with Crippen molar-refractivity contribution in [2.75, 3.05) is 11.9 Å². The van der Waals surface area contributed by atoms with E-state index in [9.17, 15) is 9.90 Å². The molecular formula is C22H22BrN3O2S. The highest BCUT2D eigenvalue weighted by Crippen LogP contribution is 2.29. The molecule has 1 aliphatic carbocycles. The second-order valence-electron chi connectivity index (χ2n) is 7.44. The monoisotopic (exact) mass is 471 g/mol. The van der Waals surface area contributed by atoms with Crippen LogP contribution in [0.5, 0.6) is 0 Å². The highest BCUT2D eigenvalue weighted by molar-refractivity contribution is 9.10. The topological polar surface area (TPSA) is 75.1 Å². The summed E-state index contributed by atoms with van der Waals surface area (Å²) in [6.45, 7) is 0.212. The zero-order chi connectivity index (χ0) is 20.2. The van der Waals surface area contributed by atoms with Crippen molar-refractivity contribution in [2.45, 2.75) is 31.7 Å². The Morgan fingerprint density at radius 1 is 1.28 bits per heavy atom. The fourth-order valence-corrected chi connectivity index (χ4v) is 5.09. The van der Waals surface area contributed by atoms with Crippen molar-refractivity contribution in [1.82, 2.24) is 9.97 Å². The lowest BCUT2D eigenvalue weighted by Crippen LogP contribution is -2.19. The van der Waals surface area contributed by atoms with Gasteiger partial charge in [0, 0.05) is 23.3 Å². The quantitative estimate of drug-likeness (QED) is 0.488. The van der Waals surface area contributed by atoms with Gasteiger partial charge in [0.15, 0.2) is 0 Å². The second-order valence-corrected chi connectivity index (χ2v) is 9.27. The molecular weight excluding hydrogens is 450 g/mol. The molecule has 7 heteroatoms. The van der Waals surface area contributed by atoms with E-state index in [1.807, 2.05) is 23.6 Å². The number of nitrogens with one attached hydrogen (secondary N) is 1. The van der Waals surface area contributed by atoms with Crippen LogP contribution in [0.4, 0.5) is 5.82 Å². The number of aliphatic hydroxyl groups is 1. The van der Waals surface area contributed by atoms with Crippen molar-refractivity contribution in [3.8, 4) is 0 Å². The molecule has 5 nitrogen and oxygen atoms in total. The predicted octanol–water partition coefficient (Wildman–Crippen LogP) is 4.70. The summed E-state index contributed by atoms with van der Waals surface area (Å²) in [4.78, 5) is 22.2. The Bertz CT molecular complexity index is 1010. The molecule has 0 spiro atoms. The number of halogens is 1. The second kappa shape index (κ2) is 9.15. The van der Waals surface area contributed by atoms with Gasteiger partial charge in [-0.15, -0.1) is 11.3 Å². The van der Waals surface area contributed by atoms with Gasteiger partial charge in [0.1, 0.15) is 12.1 Å². The normalized spacial score (nSPS) is 18.7. The van der Waals surface area contributed by atoms with Crippen molar-refractivity contribution in [2.24, 2.45) is 5.92 Å². The largest absolute Gasteiger partial charge is 0.396 e. The smallest absolute Gasteiger partial charge is 0.208 e. The van der Waals surface area contributed by atoms with Crippen LogP contribution in [0.25, 0.3) is 0 Å². The number of ketones is 1. The first kappa shape index (κ1) is 20.2. The fourth-order valence-electron chi connectivity index (χ4n) is 3.78. The maximum absolute atomic E-state index is 13.1. The van der Waals surface area contributed by atoms with Crippen molar-refractivity contribution in [3.63, 3.8) is 0 Å². The van der Waals surface area contributed by atoms with Gasteiger partial charge < -0.3 is 10.4 Å². The molecule has 0 radical (unpaired) electrons. The Hall–Kier alpha value is -2.09. The van der Waals surface area contributed by atoms with E-state index in [1.54, 1.807) is 6.20 Å². The van der Waals surface area contributed by atoms with Crippen LogP contribution in [0.2, 0.25) is 0 Å². The molecule has 2 N–H and O–H groups in total. The van der Waals surface area contributed by atoms with Crippen molar-refractivity contribution in [3.05, 3.63) is 74.3 Å². The Kier molecular flexibility index (Phi) is 6.37. The molecule has 1 saturated carbocycles. The minimum absolute atomic E-state index is 0.0599. The Labute approximate surface area is 182 Å². The lowest BCUT2D eigenvalue weighted by molar-refractivity contribution is 0.104. The number of thiophene rings is 1. The first-order valence-electron chi connectivity index (χ1n) is 9.66. The maximum Gasteiger partial charge on any atom is 0.208 e. The summed E-state index contributed by atoms with van der Waals surface area (Å²) >= 11 is 4.95. The summed E-state index contributed by atoms with van der Waals surface area (Å²) in [7, 11) is 0. The van der Waals surface area contributed by atoms with Gasteiger partial charge in [0.05, 0.1) is 10.4 Å². The maximum atomic E-state index is 13.1. The summed E-state index contributed by atoms with van der Waals surface area (Å²) in [6, 6.07) is 10.4. The van der Waals surface area contributed by atoms with Crippen LogP contribution >= 0.6 is 27.3 Å². The predicted molar refractivity (Wildman–Crippen MR) is 119 cm³/mol. The molecule has 29 heavy (non-hydrogen) atoms. The summed E-state index contributed by atoms with van der Waals surface area (Å²) < 4.78 is 1.05. The molecule has 2 atom stereocenters.